The smallest absolute Gasteiger partial charge is 0.266 e. The van der Waals surface area contributed by atoms with Crippen molar-refractivity contribution in [2.24, 2.45) is 0 Å². The van der Waals surface area contributed by atoms with Crippen LogP contribution in [-0.2, 0) is 11.3 Å². The molecule has 1 aromatic carbocycles. The van der Waals surface area contributed by atoms with Gasteiger partial charge in [0.1, 0.15) is 24.2 Å². The third-order valence-electron chi connectivity index (χ3n) is 4.49. The summed E-state index contributed by atoms with van der Waals surface area (Å²) in [5, 5.41) is 10.1. The Bertz CT molecular complexity index is 1010. The zero-order valence-electron chi connectivity index (χ0n) is 16.1. The van der Waals surface area contributed by atoms with Crippen molar-refractivity contribution in [3.05, 3.63) is 52.9 Å². The van der Waals surface area contributed by atoms with Gasteiger partial charge in [-0.2, -0.15) is 10.2 Å². The van der Waals surface area contributed by atoms with Crippen LogP contribution in [0.3, 0.4) is 0 Å². The van der Waals surface area contributed by atoms with Crippen molar-refractivity contribution in [2.75, 3.05) is 18.0 Å². The van der Waals surface area contributed by atoms with E-state index in [2.05, 4.69) is 11.1 Å². The number of ether oxygens (including phenoxy) is 2. The Hall–Kier alpha value is -2.95. The monoisotopic (exact) mass is 413 g/mol. The van der Waals surface area contributed by atoms with Crippen LogP contribution in [0.25, 0.3) is 11.7 Å². The van der Waals surface area contributed by atoms with E-state index in [4.69, 9.17) is 29.9 Å². The third-order valence-corrected chi connectivity index (χ3v) is 4.74. The largest absolute Gasteiger partial charge is 0.486 e. The molecular formula is C21H20ClN3O4. The van der Waals surface area contributed by atoms with Gasteiger partial charge in [-0.25, -0.2) is 0 Å². The van der Waals surface area contributed by atoms with Crippen LogP contribution in [0.2, 0.25) is 5.02 Å². The second kappa shape index (κ2) is 8.19. The summed E-state index contributed by atoms with van der Waals surface area (Å²) in [5.41, 5.74) is 0.233. The average Bonchev–Trinajstić information content (AvgIpc) is 3.33. The second-order valence-electron chi connectivity index (χ2n) is 6.96. The van der Waals surface area contributed by atoms with E-state index in [-0.39, 0.29) is 30.4 Å². The van der Waals surface area contributed by atoms with Gasteiger partial charge in [-0.1, -0.05) is 11.6 Å². The van der Waals surface area contributed by atoms with Crippen molar-refractivity contribution in [1.82, 2.24) is 4.98 Å². The minimum atomic E-state index is 0.0408. The molecular weight excluding hydrogens is 394 g/mol. The number of benzene rings is 1. The Morgan fingerprint density at radius 3 is 2.55 bits per heavy atom. The van der Waals surface area contributed by atoms with Crippen LogP contribution in [0.15, 0.2) is 45.2 Å². The highest BCUT2D eigenvalue weighted by atomic mass is 35.5. The molecule has 2 atom stereocenters. The fourth-order valence-electron chi connectivity index (χ4n) is 3.30. The van der Waals surface area contributed by atoms with Gasteiger partial charge in [0.15, 0.2) is 5.76 Å². The van der Waals surface area contributed by atoms with Crippen molar-refractivity contribution < 1.29 is 18.3 Å². The summed E-state index contributed by atoms with van der Waals surface area (Å²) in [4.78, 5) is 6.29. The molecule has 7 nitrogen and oxygen atoms in total. The molecule has 0 bridgehead atoms. The maximum Gasteiger partial charge on any atom is 0.266 e. The second-order valence-corrected chi connectivity index (χ2v) is 7.39. The SMILES string of the molecule is C[C@H]1CN(c2oc(-c3ccc(COc4ccc(Cl)cc4)o3)nc2C#N)C[C@H](C)O1. The first kappa shape index (κ1) is 19.4. The van der Waals surface area contributed by atoms with Crippen molar-refractivity contribution in [3.63, 3.8) is 0 Å². The van der Waals surface area contributed by atoms with Crippen LogP contribution in [0, 0.1) is 11.3 Å². The Labute approximate surface area is 173 Å². The van der Waals surface area contributed by atoms with Crippen LogP contribution in [-0.4, -0.2) is 30.3 Å². The summed E-state index contributed by atoms with van der Waals surface area (Å²) < 4.78 is 23.1. The Morgan fingerprint density at radius 2 is 1.86 bits per heavy atom. The molecule has 0 radical (unpaired) electrons. The predicted molar refractivity (Wildman–Crippen MR) is 107 cm³/mol. The third kappa shape index (κ3) is 4.39. The normalized spacial score (nSPS) is 19.2. The molecule has 1 aliphatic rings. The lowest BCUT2D eigenvalue weighted by atomic mass is 10.2. The first-order valence-electron chi connectivity index (χ1n) is 9.30. The first-order valence-corrected chi connectivity index (χ1v) is 9.68. The molecule has 29 heavy (non-hydrogen) atoms. The number of anilines is 1. The summed E-state index contributed by atoms with van der Waals surface area (Å²) in [6, 6.07) is 12.7. The maximum absolute atomic E-state index is 9.49. The predicted octanol–water partition coefficient (Wildman–Crippen LogP) is 4.65. The number of aromatic nitrogens is 1. The highest BCUT2D eigenvalue weighted by molar-refractivity contribution is 6.30. The van der Waals surface area contributed by atoms with Gasteiger partial charge in [0.2, 0.25) is 11.6 Å². The van der Waals surface area contributed by atoms with E-state index < -0.39 is 0 Å². The van der Waals surface area contributed by atoms with Crippen LogP contribution >= 0.6 is 11.6 Å². The van der Waals surface area contributed by atoms with E-state index in [9.17, 15) is 5.26 Å². The zero-order chi connectivity index (χ0) is 20.4. The Kier molecular flexibility index (Phi) is 5.47. The highest BCUT2D eigenvalue weighted by Crippen LogP contribution is 2.31. The maximum atomic E-state index is 9.49. The molecule has 2 aromatic heterocycles. The molecule has 8 heteroatoms. The fraction of sp³-hybridized carbons (Fsp3) is 0.333. The van der Waals surface area contributed by atoms with Crippen molar-refractivity contribution in [3.8, 4) is 23.5 Å². The van der Waals surface area contributed by atoms with Crippen LogP contribution in [0.4, 0.5) is 5.88 Å². The molecule has 0 amide bonds. The lowest BCUT2D eigenvalue weighted by molar-refractivity contribution is -0.00639. The molecule has 0 aliphatic carbocycles. The number of hydrogen-bond acceptors (Lipinski definition) is 7. The van der Waals surface area contributed by atoms with E-state index in [0.717, 1.165) is 0 Å². The van der Waals surface area contributed by atoms with Gasteiger partial charge in [0, 0.05) is 18.1 Å². The first-order chi connectivity index (χ1) is 14.0. The molecule has 0 unspecified atom stereocenters. The van der Waals surface area contributed by atoms with Crippen molar-refractivity contribution >= 4 is 17.5 Å². The molecule has 4 rings (SSSR count). The molecule has 1 fully saturated rings. The number of rotatable bonds is 5. The van der Waals surface area contributed by atoms with E-state index in [1.54, 1.807) is 36.4 Å². The number of halogens is 1. The van der Waals surface area contributed by atoms with Gasteiger partial charge in [-0.05, 0) is 50.2 Å². The van der Waals surface area contributed by atoms with E-state index >= 15 is 0 Å². The van der Waals surface area contributed by atoms with Gasteiger partial charge in [0.25, 0.3) is 5.89 Å². The number of oxazole rings is 1. The number of nitriles is 1. The zero-order valence-corrected chi connectivity index (χ0v) is 16.8. The molecule has 0 N–H and O–H groups in total. The molecule has 3 aromatic rings. The summed E-state index contributed by atoms with van der Waals surface area (Å²) in [7, 11) is 0. The molecule has 1 aliphatic heterocycles. The Morgan fingerprint density at radius 1 is 1.14 bits per heavy atom. The minimum Gasteiger partial charge on any atom is -0.486 e. The summed E-state index contributed by atoms with van der Waals surface area (Å²) in [6.45, 7) is 5.49. The van der Waals surface area contributed by atoms with Gasteiger partial charge in [-0.15, -0.1) is 0 Å². The molecule has 3 heterocycles. The molecule has 0 spiro atoms. The van der Waals surface area contributed by atoms with Gasteiger partial charge < -0.3 is 23.2 Å². The topological polar surface area (TPSA) is 84.7 Å². The van der Waals surface area contributed by atoms with E-state index in [1.807, 2.05) is 18.7 Å². The minimum absolute atomic E-state index is 0.0408. The molecule has 0 saturated carbocycles. The number of furan rings is 1. The standard InChI is InChI=1S/C21H20ClN3O4/c1-13-10-25(11-14(2)27-13)21-18(9-23)24-20(29-21)19-8-7-17(28-19)12-26-16-5-3-15(22)4-6-16/h3-8,13-14H,10-12H2,1-2H3/t13-,14-/m0/s1. The number of morpholine rings is 1. The van der Waals surface area contributed by atoms with E-state index in [1.165, 1.54) is 0 Å². The molecule has 1 saturated heterocycles. The summed E-state index contributed by atoms with van der Waals surface area (Å²) in [5.74, 6) is 2.45. The fourth-order valence-corrected chi connectivity index (χ4v) is 3.43. The number of nitrogens with zero attached hydrogens (tertiary/aromatic N) is 3. The highest BCUT2D eigenvalue weighted by Gasteiger charge is 2.28. The lowest BCUT2D eigenvalue weighted by Gasteiger charge is -2.34. The van der Waals surface area contributed by atoms with E-state index in [0.29, 0.717) is 41.3 Å². The van der Waals surface area contributed by atoms with Crippen LogP contribution < -0.4 is 9.64 Å². The van der Waals surface area contributed by atoms with Crippen molar-refractivity contribution in [1.29, 1.82) is 5.26 Å². The van der Waals surface area contributed by atoms with Gasteiger partial charge in [-0.3, -0.25) is 0 Å². The summed E-state index contributed by atoms with van der Waals surface area (Å²) in [6.07, 6.45) is 0.0816. The number of hydrogen-bond donors (Lipinski definition) is 0. The van der Waals surface area contributed by atoms with Crippen LogP contribution in [0.1, 0.15) is 25.3 Å². The summed E-state index contributed by atoms with van der Waals surface area (Å²) >= 11 is 5.87. The van der Waals surface area contributed by atoms with Crippen LogP contribution in [0.5, 0.6) is 5.75 Å². The van der Waals surface area contributed by atoms with Gasteiger partial charge >= 0.3 is 0 Å². The molecule has 150 valence electrons. The van der Waals surface area contributed by atoms with Crippen molar-refractivity contribution in [2.45, 2.75) is 32.7 Å². The Balaban J connectivity index is 1.50. The average molecular weight is 414 g/mol. The van der Waals surface area contributed by atoms with Gasteiger partial charge in [0.05, 0.1) is 12.2 Å². The lowest BCUT2D eigenvalue weighted by Crippen LogP contribution is -2.45. The quantitative estimate of drug-likeness (QED) is 0.601.